The van der Waals surface area contributed by atoms with Gasteiger partial charge in [-0.2, -0.15) is 0 Å². The first-order valence-corrected chi connectivity index (χ1v) is 10.4. The van der Waals surface area contributed by atoms with Crippen molar-refractivity contribution in [2.45, 2.75) is 52.1 Å². The number of benzene rings is 2. The predicted molar refractivity (Wildman–Crippen MR) is 115 cm³/mol. The third kappa shape index (κ3) is 2.98. The molecule has 1 unspecified atom stereocenters. The van der Waals surface area contributed by atoms with E-state index in [1.165, 1.54) is 53.5 Å². The van der Waals surface area contributed by atoms with Gasteiger partial charge in [0.1, 0.15) is 5.82 Å². The molecular formula is C25H27FN2. The zero-order chi connectivity index (χ0) is 19.3. The molecule has 144 valence electrons. The number of piperidine rings is 1. The highest BCUT2D eigenvalue weighted by atomic mass is 19.1. The minimum absolute atomic E-state index is 0.187. The minimum Gasteiger partial charge on any atom is -0.320 e. The molecular weight excluding hydrogens is 347 g/mol. The van der Waals surface area contributed by atoms with Crippen LogP contribution in [0.25, 0.3) is 22.7 Å². The van der Waals surface area contributed by atoms with Gasteiger partial charge in [0.05, 0.1) is 5.52 Å². The zero-order valence-corrected chi connectivity index (χ0v) is 16.7. The standard InChI is InChI=1S/C25H27FN2/c1-17-6-11-24-22(13-17)23-16-27-12-4-3-5-21(27)14-25(23)28(24)15-18(2)19-7-9-20(26)10-8-19/h6-11,13,15,21H,3-5,12,14,16H2,1-2H3. The molecule has 1 fully saturated rings. The number of nitrogens with zero attached hydrogens (tertiary/aromatic N) is 2. The number of rotatable bonds is 2. The maximum absolute atomic E-state index is 13.3. The van der Waals surface area contributed by atoms with Crippen molar-refractivity contribution in [3.8, 4) is 0 Å². The lowest BCUT2D eigenvalue weighted by molar-refractivity contribution is 0.126. The molecule has 0 bridgehead atoms. The molecule has 2 nitrogen and oxygen atoms in total. The van der Waals surface area contributed by atoms with E-state index in [-0.39, 0.29) is 5.82 Å². The van der Waals surface area contributed by atoms with Gasteiger partial charge in [-0.25, -0.2) is 4.39 Å². The normalized spacial score (nSPS) is 20.2. The summed E-state index contributed by atoms with van der Waals surface area (Å²) in [5, 5.41) is 1.39. The monoisotopic (exact) mass is 374 g/mol. The van der Waals surface area contributed by atoms with Crippen molar-refractivity contribution in [3.05, 3.63) is 70.7 Å². The third-order valence-electron chi connectivity index (χ3n) is 6.54. The summed E-state index contributed by atoms with van der Waals surface area (Å²) in [6.45, 7) is 6.59. The first-order valence-electron chi connectivity index (χ1n) is 10.4. The van der Waals surface area contributed by atoms with Gasteiger partial charge in [-0.3, -0.25) is 4.90 Å². The van der Waals surface area contributed by atoms with E-state index in [1.807, 2.05) is 12.1 Å². The van der Waals surface area contributed by atoms with Crippen LogP contribution in [0.1, 0.15) is 48.6 Å². The molecule has 28 heavy (non-hydrogen) atoms. The lowest BCUT2D eigenvalue weighted by Gasteiger charge is -2.39. The van der Waals surface area contributed by atoms with Crippen molar-refractivity contribution in [2.24, 2.45) is 0 Å². The third-order valence-corrected chi connectivity index (χ3v) is 6.54. The zero-order valence-electron chi connectivity index (χ0n) is 16.7. The van der Waals surface area contributed by atoms with Crippen LogP contribution >= 0.6 is 0 Å². The van der Waals surface area contributed by atoms with Gasteiger partial charge in [0.25, 0.3) is 0 Å². The second-order valence-corrected chi connectivity index (χ2v) is 8.46. The van der Waals surface area contributed by atoms with E-state index in [0.717, 1.165) is 24.1 Å². The summed E-state index contributed by atoms with van der Waals surface area (Å²) in [6, 6.07) is 14.3. The Morgan fingerprint density at radius 3 is 2.75 bits per heavy atom. The maximum Gasteiger partial charge on any atom is 0.123 e. The molecule has 0 radical (unpaired) electrons. The molecule has 3 heteroatoms. The average molecular weight is 375 g/mol. The second kappa shape index (κ2) is 6.89. The summed E-state index contributed by atoms with van der Waals surface area (Å²) < 4.78 is 15.7. The summed E-state index contributed by atoms with van der Waals surface area (Å²) in [5.74, 6) is -0.187. The average Bonchev–Trinajstić information content (AvgIpc) is 2.99. The number of hydrogen-bond donors (Lipinski definition) is 0. The quantitative estimate of drug-likeness (QED) is 0.533. The molecule has 3 aromatic rings. The molecule has 1 atom stereocenters. The highest BCUT2D eigenvalue weighted by Crippen LogP contribution is 2.37. The van der Waals surface area contributed by atoms with Crippen LogP contribution in [0, 0.1) is 12.7 Å². The minimum atomic E-state index is -0.187. The van der Waals surface area contributed by atoms with Crippen LogP contribution in [0.15, 0.2) is 42.5 Å². The van der Waals surface area contributed by atoms with Crippen molar-refractivity contribution >= 4 is 22.7 Å². The van der Waals surface area contributed by atoms with Gasteiger partial charge >= 0.3 is 0 Å². The van der Waals surface area contributed by atoms with Crippen molar-refractivity contribution < 1.29 is 4.39 Å². The van der Waals surface area contributed by atoms with Gasteiger partial charge in [0.2, 0.25) is 0 Å². The number of aromatic nitrogens is 1. The topological polar surface area (TPSA) is 8.17 Å². The van der Waals surface area contributed by atoms with Crippen LogP contribution in [0.5, 0.6) is 0 Å². The summed E-state index contributed by atoms with van der Waals surface area (Å²) in [4.78, 5) is 2.69. The molecule has 0 amide bonds. The summed E-state index contributed by atoms with van der Waals surface area (Å²) in [6.07, 6.45) is 7.35. The van der Waals surface area contributed by atoms with Gasteiger partial charge in [-0.05, 0) is 74.2 Å². The Morgan fingerprint density at radius 2 is 1.93 bits per heavy atom. The van der Waals surface area contributed by atoms with Crippen molar-refractivity contribution in [1.29, 1.82) is 0 Å². The van der Waals surface area contributed by atoms with Crippen molar-refractivity contribution in [1.82, 2.24) is 9.47 Å². The van der Waals surface area contributed by atoms with Crippen LogP contribution in [-0.4, -0.2) is 22.1 Å². The van der Waals surface area contributed by atoms with Gasteiger partial charge in [-0.15, -0.1) is 0 Å². The largest absolute Gasteiger partial charge is 0.320 e. The summed E-state index contributed by atoms with van der Waals surface area (Å²) in [5.41, 5.74) is 7.79. The van der Waals surface area contributed by atoms with Crippen LogP contribution in [0.3, 0.4) is 0 Å². The number of halogens is 1. The predicted octanol–water partition coefficient (Wildman–Crippen LogP) is 6.02. The van der Waals surface area contributed by atoms with Crippen molar-refractivity contribution in [3.63, 3.8) is 0 Å². The van der Waals surface area contributed by atoms with Gasteiger partial charge < -0.3 is 4.57 Å². The Kier molecular flexibility index (Phi) is 4.36. The maximum atomic E-state index is 13.3. The molecule has 1 aromatic heterocycles. The van der Waals surface area contributed by atoms with Gasteiger partial charge in [0.15, 0.2) is 0 Å². The Bertz CT molecular complexity index is 1060. The highest BCUT2D eigenvalue weighted by Gasteiger charge is 2.32. The van der Waals surface area contributed by atoms with Crippen LogP contribution < -0.4 is 0 Å². The first-order chi connectivity index (χ1) is 13.6. The summed E-state index contributed by atoms with van der Waals surface area (Å²) >= 11 is 0. The van der Waals surface area contributed by atoms with E-state index in [0.29, 0.717) is 6.04 Å². The van der Waals surface area contributed by atoms with Crippen LogP contribution in [0.4, 0.5) is 4.39 Å². The molecule has 0 spiro atoms. The SMILES string of the molecule is CC(=Cn1c2c(c3cc(C)ccc31)CN1CCCCC1C2)c1ccc(F)cc1. The fraction of sp³-hybridized carbons (Fsp3) is 0.360. The molecule has 5 rings (SSSR count). The first kappa shape index (κ1) is 17.7. The van der Waals surface area contributed by atoms with Crippen LogP contribution in [-0.2, 0) is 13.0 Å². The van der Waals surface area contributed by atoms with E-state index < -0.39 is 0 Å². The lowest BCUT2D eigenvalue weighted by atomic mass is 9.91. The Labute approximate surface area is 166 Å². The molecule has 2 aliphatic rings. The van der Waals surface area contributed by atoms with Crippen LogP contribution in [0.2, 0.25) is 0 Å². The number of aryl methyl sites for hydroxylation is 1. The smallest absolute Gasteiger partial charge is 0.123 e. The lowest BCUT2D eigenvalue weighted by Crippen LogP contribution is -2.43. The fourth-order valence-corrected chi connectivity index (χ4v) is 5.00. The molecule has 0 saturated carbocycles. The van der Waals surface area contributed by atoms with Gasteiger partial charge in [0, 0.05) is 36.3 Å². The summed E-state index contributed by atoms with van der Waals surface area (Å²) in [7, 11) is 0. The number of fused-ring (bicyclic) bond motifs is 4. The van der Waals surface area contributed by atoms with Crippen molar-refractivity contribution in [2.75, 3.05) is 6.54 Å². The molecule has 0 N–H and O–H groups in total. The highest BCUT2D eigenvalue weighted by molar-refractivity contribution is 5.90. The van der Waals surface area contributed by atoms with Gasteiger partial charge in [-0.1, -0.05) is 30.2 Å². The number of allylic oxidation sites excluding steroid dienone is 1. The Balaban J connectivity index is 1.66. The van der Waals surface area contributed by atoms with E-state index >= 15 is 0 Å². The van der Waals surface area contributed by atoms with E-state index in [9.17, 15) is 4.39 Å². The van der Waals surface area contributed by atoms with E-state index in [2.05, 4.69) is 47.7 Å². The molecule has 1 saturated heterocycles. The molecule has 3 heterocycles. The second-order valence-electron chi connectivity index (χ2n) is 8.46. The Hall–Kier alpha value is -2.39. The van der Waals surface area contributed by atoms with E-state index in [4.69, 9.17) is 0 Å². The fourth-order valence-electron chi connectivity index (χ4n) is 5.00. The number of hydrogen-bond acceptors (Lipinski definition) is 1. The molecule has 2 aliphatic heterocycles. The Morgan fingerprint density at radius 1 is 1.11 bits per heavy atom. The molecule has 2 aromatic carbocycles. The van der Waals surface area contributed by atoms with E-state index in [1.54, 1.807) is 12.1 Å². The molecule has 0 aliphatic carbocycles.